The number of halogens is 3. The summed E-state index contributed by atoms with van der Waals surface area (Å²) in [6.07, 6.45) is 0.548. The molecule has 3 nitrogen and oxygen atoms in total. The molecule has 114 valence electrons. The van der Waals surface area contributed by atoms with Crippen molar-refractivity contribution in [2.24, 2.45) is 11.8 Å². The van der Waals surface area contributed by atoms with Gasteiger partial charge in [-0.25, -0.2) is 4.98 Å². The Morgan fingerprint density at radius 1 is 1.35 bits per heavy atom. The van der Waals surface area contributed by atoms with E-state index in [9.17, 15) is 18.3 Å². The molecule has 1 aliphatic rings. The van der Waals surface area contributed by atoms with Gasteiger partial charge in [0, 0.05) is 18.9 Å². The molecule has 1 N–H and O–H groups in total. The normalized spacial score (nSPS) is 25.6. The number of nitrogens with zero attached hydrogens (tertiary/aromatic N) is 2. The third kappa shape index (κ3) is 3.34. The van der Waals surface area contributed by atoms with E-state index in [2.05, 4.69) is 4.98 Å². The topological polar surface area (TPSA) is 38.0 Å². The molecule has 0 aromatic carbocycles. The van der Waals surface area contributed by atoms with E-state index in [0.29, 0.717) is 18.7 Å². The number of imidazole rings is 1. The molecule has 1 fully saturated rings. The Kier molecular flexibility index (Phi) is 4.73. The Bertz CT molecular complexity index is 422. The van der Waals surface area contributed by atoms with Crippen LogP contribution < -0.4 is 0 Å². The molecular weight excluding hydrogens is 269 g/mol. The summed E-state index contributed by atoms with van der Waals surface area (Å²) >= 11 is 0. The first-order valence-corrected chi connectivity index (χ1v) is 7.19. The molecule has 1 atom stereocenters. The van der Waals surface area contributed by atoms with Gasteiger partial charge in [0.25, 0.3) is 0 Å². The predicted octanol–water partition coefficient (Wildman–Crippen LogP) is 3.70. The van der Waals surface area contributed by atoms with Crippen LogP contribution in [0.4, 0.5) is 13.2 Å². The molecule has 1 heterocycles. The van der Waals surface area contributed by atoms with Crippen LogP contribution in [0.1, 0.15) is 51.0 Å². The summed E-state index contributed by atoms with van der Waals surface area (Å²) in [5.41, 5.74) is 0. The molecule has 0 aliphatic heterocycles. The average molecular weight is 290 g/mol. The highest BCUT2D eigenvalue weighted by Crippen LogP contribution is 2.42. The number of aliphatic hydroxyl groups is 1. The molecule has 0 bridgehead atoms. The van der Waals surface area contributed by atoms with Crippen LogP contribution in [0.15, 0.2) is 12.4 Å². The minimum absolute atomic E-state index is 0.111. The molecule has 0 saturated heterocycles. The first-order chi connectivity index (χ1) is 9.43. The number of rotatable bonds is 4. The summed E-state index contributed by atoms with van der Waals surface area (Å²) in [6.45, 7) is 2.80. The Morgan fingerprint density at radius 2 is 2.00 bits per heavy atom. The smallest absolute Gasteiger partial charge is 0.385 e. The summed E-state index contributed by atoms with van der Waals surface area (Å²) in [4.78, 5) is 4.17. The Morgan fingerprint density at radius 3 is 2.55 bits per heavy atom. The number of hydrogen-bond acceptors (Lipinski definition) is 2. The number of aryl methyl sites for hydroxylation is 1. The second-order valence-electron chi connectivity index (χ2n) is 5.58. The molecule has 6 heteroatoms. The van der Waals surface area contributed by atoms with E-state index in [-0.39, 0.29) is 18.8 Å². The van der Waals surface area contributed by atoms with Crippen molar-refractivity contribution < 1.29 is 18.3 Å². The fraction of sp³-hybridized carbons (Fsp3) is 0.786. The number of hydrogen-bond donors (Lipinski definition) is 1. The highest BCUT2D eigenvalue weighted by atomic mass is 19.4. The van der Waals surface area contributed by atoms with Crippen molar-refractivity contribution in [3.05, 3.63) is 18.2 Å². The van der Waals surface area contributed by atoms with Crippen molar-refractivity contribution >= 4 is 0 Å². The molecule has 1 aliphatic carbocycles. The van der Waals surface area contributed by atoms with E-state index in [1.807, 2.05) is 17.7 Å². The van der Waals surface area contributed by atoms with Crippen LogP contribution in [0.25, 0.3) is 0 Å². The zero-order valence-corrected chi connectivity index (χ0v) is 11.6. The predicted molar refractivity (Wildman–Crippen MR) is 69.0 cm³/mol. The lowest BCUT2D eigenvalue weighted by Crippen LogP contribution is -2.30. The quantitative estimate of drug-likeness (QED) is 0.918. The van der Waals surface area contributed by atoms with Gasteiger partial charge in [-0.1, -0.05) is 6.92 Å². The van der Waals surface area contributed by atoms with Gasteiger partial charge in [0.1, 0.15) is 11.9 Å². The molecule has 1 saturated carbocycles. The zero-order chi connectivity index (χ0) is 14.8. The van der Waals surface area contributed by atoms with Gasteiger partial charge in [0.05, 0.1) is 5.92 Å². The van der Waals surface area contributed by atoms with E-state index in [4.69, 9.17) is 0 Å². The maximum atomic E-state index is 12.6. The van der Waals surface area contributed by atoms with E-state index in [1.54, 1.807) is 6.20 Å². The summed E-state index contributed by atoms with van der Waals surface area (Å²) in [5, 5.41) is 10.4. The highest BCUT2D eigenvalue weighted by molar-refractivity contribution is 4.99. The van der Waals surface area contributed by atoms with E-state index >= 15 is 0 Å². The van der Waals surface area contributed by atoms with Gasteiger partial charge in [-0.3, -0.25) is 0 Å². The first-order valence-electron chi connectivity index (χ1n) is 7.19. The van der Waals surface area contributed by atoms with Crippen molar-refractivity contribution in [1.29, 1.82) is 0 Å². The fourth-order valence-electron chi connectivity index (χ4n) is 2.99. The summed E-state index contributed by atoms with van der Waals surface area (Å²) in [7, 11) is 0. The molecule has 20 heavy (non-hydrogen) atoms. The largest absolute Gasteiger partial charge is 0.391 e. The van der Waals surface area contributed by atoms with Crippen LogP contribution in [-0.4, -0.2) is 20.8 Å². The highest BCUT2D eigenvalue weighted by Gasteiger charge is 2.42. The summed E-state index contributed by atoms with van der Waals surface area (Å²) in [6, 6.07) is 0. The lowest BCUT2D eigenvalue weighted by molar-refractivity contribution is -0.186. The van der Waals surface area contributed by atoms with Crippen molar-refractivity contribution in [1.82, 2.24) is 9.55 Å². The number of alkyl halides is 3. The standard InChI is InChI=1S/C14H21F3N2O/c1-2-8-19-9-7-18-13(19)12(20)10-3-5-11(6-4-10)14(15,16)17/h7,9-12,20H,2-6,8H2,1H3. The maximum Gasteiger partial charge on any atom is 0.391 e. The molecule has 1 unspecified atom stereocenters. The second-order valence-corrected chi connectivity index (χ2v) is 5.58. The van der Waals surface area contributed by atoms with Crippen LogP contribution in [0.2, 0.25) is 0 Å². The van der Waals surface area contributed by atoms with E-state index in [1.165, 1.54) is 0 Å². The Hall–Kier alpha value is -1.04. The molecule has 2 rings (SSSR count). The molecule has 1 aromatic heterocycles. The van der Waals surface area contributed by atoms with E-state index < -0.39 is 18.2 Å². The zero-order valence-electron chi connectivity index (χ0n) is 11.6. The minimum Gasteiger partial charge on any atom is -0.385 e. The third-order valence-electron chi connectivity index (χ3n) is 4.16. The van der Waals surface area contributed by atoms with Crippen molar-refractivity contribution in [3.63, 3.8) is 0 Å². The summed E-state index contributed by atoms with van der Waals surface area (Å²) < 4.78 is 39.8. The van der Waals surface area contributed by atoms with Gasteiger partial charge >= 0.3 is 6.18 Å². The number of aromatic nitrogens is 2. The molecule has 0 spiro atoms. The Balaban J connectivity index is 1.98. The molecule has 0 amide bonds. The lowest BCUT2D eigenvalue weighted by atomic mass is 9.79. The van der Waals surface area contributed by atoms with E-state index in [0.717, 1.165) is 13.0 Å². The van der Waals surface area contributed by atoms with Crippen LogP contribution in [0.5, 0.6) is 0 Å². The van der Waals surface area contributed by atoms with Crippen LogP contribution in [0, 0.1) is 11.8 Å². The van der Waals surface area contributed by atoms with Crippen molar-refractivity contribution in [2.75, 3.05) is 0 Å². The van der Waals surface area contributed by atoms with Gasteiger partial charge in [0.15, 0.2) is 0 Å². The minimum atomic E-state index is -4.10. The summed E-state index contributed by atoms with van der Waals surface area (Å²) in [5.74, 6) is -0.741. The maximum absolute atomic E-state index is 12.6. The fourth-order valence-corrected chi connectivity index (χ4v) is 2.99. The number of aliphatic hydroxyl groups excluding tert-OH is 1. The average Bonchev–Trinajstić information content (AvgIpc) is 2.86. The van der Waals surface area contributed by atoms with Crippen LogP contribution in [-0.2, 0) is 6.54 Å². The first kappa shape index (κ1) is 15.4. The monoisotopic (exact) mass is 290 g/mol. The van der Waals surface area contributed by atoms with Gasteiger partial charge in [0.2, 0.25) is 0 Å². The van der Waals surface area contributed by atoms with Crippen molar-refractivity contribution in [3.8, 4) is 0 Å². The van der Waals surface area contributed by atoms with Crippen LogP contribution in [0.3, 0.4) is 0 Å². The molecule has 0 radical (unpaired) electrons. The lowest BCUT2D eigenvalue weighted by Gasteiger charge is -2.32. The van der Waals surface area contributed by atoms with Crippen LogP contribution >= 0.6 is 0 Å². The van der Waals surface area contributed by atoms with Gasteiger partial charge < -0.3 is 9.67 Å². The van der Waals surface area contributed by atoms with Gasteiger partial charge in [-0.15, -0.1) is 0 Å². The Labute approximate surface area is 116 Å². The van der Waals surface area contributed by atoms with Gasteiger partial charge in [-0.05, 0) is 38.0 Å². The van der Waals surface area contributed by atoms with Crippen molar-refractivity contribution in [2.45, 2.75) is 57.9 Å². The van der Waals surface area contributed by atoms with Gasteiger partial charge in [-0.2, -0.15) is 13.2 Å². The third-order valence-corrected chi connectivity index (χ3v) is 4.16. The molecule has 1 aromatic rings. The second kappa shape index (κ2) is 6.16. The molecular formula is C14H21F3N2O. The SMILES string of the molecule is CCCn1ccnc1C(O)C1CCC(C(F)(F)F)CC1.